The van der Waals surface area contributed by atoms with E-state index in [1.165, 1.54) is 57.2 Å². The third kappa shape index (κ3) is 4.47. The molecule has 0 radical (unpaired) electrons. The van der Waals surface area contributed by atoms with E-state index in [2.05, 4.69) is 60.4 Å². The zero-order valence-electron chi connectivity index (χ0n) is 19.9. The van der Waals surface area contributed by atoms with Crippen molar-refractivity contribution in [3.8, 4) is 5.75 Å². The summed E-state index contributed by atoms with van der Waals surface area (Å²) in [4.78, 5) is 2.84. The molecule has 2 fully saturated rings. The average Bonchev–Trinajstić information content (AvgIpc) is 3.64. The zero-order valence-corrected chi connectivity index (χ0v) is 19.9. The predicted octanol–water partition coefficient (Wildman–Crippen LogP) is 6.00. The van der Waals surface area contributed by atoms with E-state index in [1.807, 2.05) is 0 Å². The van der Waals surface area contributed by atoms with Gasteiger partial charge in [0, 0.05) is 24.6 Å². The Labute approximate surface area is 194 Å². The van der Waals surface area contributed by atoms with Crippen LogP contribution < -0.4 is 4.74 Å². The normalized spacial score (nSPS) is 27.2. The molecule has 3 aliphatic rings. The summed E-state index contributed by atoms with van der Waals surface area (Å²) < 4.78 is 11.6. The lowest BCUT2D eigenvalue weighted by Crippen LogP contribution is -2.59. The molecule has 2 aliphatic carbocycles. The van der Waals surface area contributed by atoms with Crippen molar-refractivity contribution in [2.24, 2.45) is 11.8 Å². The van der Waals surface area contributed by atoms with E-state index in [9.17, 15) is 0 Å². The van der Waals surface area contributed by atoms with Gasteiger partial charge in [0.1, 0.15) is 5.75 Å². The number of fused-ring (bicyclic) bond motifs is 4. The third-order valence-corrected chi connectivity index (χ3v) is 8.51. The first-order valence-electron chi connectivity index (χ1n) is 12.7. The fraction of sp³-hybridized carbons (Fsp3) is 0.586. The van der Waals surface area contributed by atoms with Crippen molar-refractivity contribution in [1.29, 1.82) is 0 Å². The summed E-state index contributed by atoms with van der Waals surface area (Å²) in [5.41, 5.74) is 4.69. The SMILES string of the molecule is COc1ccc2c(c1)C1(CCCCOCc3ccccc3)CCN(CC3CC3)C(C2)C1C. The van der Waals surface area contributed by atoms with Gasteiger partial charge < -0.3 is 9.47 Å². The van der Waals surface area contributed by atoms with E-state index in [4.69, 9.17) is 9.47 Å². The molecule has 1 heterocycles. The van der Waals surface area contributed by atoms with Gasteiger partial charge in [0.2, 0.25) is 0 Å². The predicted molar refractivity (Wildman–Crippen MR) is 130 cm³/mol. The molecule has 172 valence electrons. The van der Waals surface area contributed by atoms with Gasteiger partial charge in [0.25, 0.3) is 0 Å². The van der Waals surface area contributed by atoms with E-state index in [-0.39, 0.29) is 5.41 Å². The van der Waals surface area contributed by atoms with Crippen LogP contribution in [0, 0.1) is 11.8 Å². The van der Waals surface area contributed by atoms with Crippen molar-refractivity contribution in [1.82, 2.24) is 4.90 Å². The third-order valence-electron chi connectivity index (χ3n) is 8.51. The van der Waals surface area contributed by atoms with Crippen LogP contribution in [-0.4, -0.2) is 37.7 Å². The largest absolute Gasteiger partial charge is 0.497 e. The molecule has 3 atom stereocenters. The van der Waals surface area contributed by atoms with Crippen molar-refractivity contribution in [2.75, 3.05) is 26.8 Å². The molecule has 0 amide bonds. The van der Waals surface area contributed by atoms with Gasteiger partial charge in [0.15, 0.2) is 0 Å². The van der Waals surface area contributed by atoms with E-state index in [1.54, 1.807) is 18.2 Å². The molecule has 1 saturated carbocycles. The van der Waals surface area contributed by atoms with Gasteiger partial charge in [-0.05, 0) is 85.7 Å². The number of likely N-dealkylation sites (tertiary alicyclic amines) is 1. The number of nitrogens with zero attached hydrogens (tertiary/aromatic N) is 1. The number of benzene rings is 2. The molecule has 32 heavy (non-hydrogen) atoms. The first-order chi connectivity index (χ1) is 15.7. The Hall–Kier alpha value is -1.84. The summed E-state index contributed by atoms with van der Waals surface area (Å²) in [7, 11) is 1.80. The lowest BCUT2D eigenvalue weighted by Gasteiger charge is -2.56. The Morgan fingerprint density at radius 1 is 1.06 bits per heavy atom. The summed E-state index contributed by atoms with van der Waals surface area (Å²) in [6.07, 6.45) is 9.00. The second-order valence-corrected chi connectivity index (χ2v) is 10.4. The Morgan fingerprint density at radius 3 is 2.69 bits per heavy atom. The summed E-state index contributed by atoms with van der Waals surface area (Å²) in [5, 5.41) is 0. The molecule has 2 bridgehead atoms. The molecule has 1 aliphatic heterocycles. The fourth-order valence-electron chi connectivity index (χ4n) is 6.41. The van der Waals surface area contributed by atoms with Crippen molar-refractivity contribution in [3.63, 3.8) is 0 Å². The molecule has 2 aromatic carbocycles. The maximum absolute atomic E-state index is 5.98. The first-order valence-corrected chi connectivity index (χ1v) is 12.7. The Kier molecular flexibility index (Phi) is 6.57. The highest BCUT2D eigenvalue weighted by Gasteiger charge is 2.51. The minimum absolute atomic E-state index is 0.284. The van der Waals surface area contributed by atoms with Gasteiger partial charge in [0.05, 0.1) is 13.7 Å². The minimum atomic E-state index is 0.284. The fourth-order valence-corrected chi connectivity index (χ4v) is 6.41. The summed E-state index contributed by atoms with van der Waals surface area (Å²) >= 11 is 0. The van der Waals surface area contributed by atoms with Crippen molar-refractivity contribution >= 4 is 0 Å². The molecule has 0 spiro atoms. The highest BCUT2D eigenvalue weighted by Crippen LogP contribution is 2.52. The van der Waals surface area contributed by atoms with Crippen LogP contribution in [0.15, 0.2) is 48.5 Å². The topological polar surface area (TPSA) is 21.7 Å². The van der Waals surface area contributed by atoms with Crippen molar-refractivity contribution in [2.45, 2.75) is 69.9 Å². The smallest absolute Gasteiger partial charge is 0.119 e. The number of hydrogen-bond donors (Lipinski definition) is 0. The van der Waals surface area contributed by atoms with Crippen molar-refractivity contribution in [3.05, 3.63) is 65.2 Å². The highest BCUT2D eigenvalue weighted by molar-refractivity contribution is 5.45. The first kappa shape index (κ1) is 22.0. The Morgan fingerprint density at radius 2 is 1.91 bits per heavy atom. The Balaban J connectivity index is 1.26. The maximum atomic E-state index is 5.98. The van der Waals surface area contributed by atoms with Crippen LogP contribution in [0.3, 0.4) is 0 Å². The standard InChI is InChI=1S/C29H39NO2/c1-22-28-18-25-12-13-26(31-2)19-27(25)29(22,15-16-30(28)20-23-10-11-23)14-6-7-17-32-21-24-8-4-3-5-9-24/h3-5,8-9,12-13,19,22-23,28H,6-7,10-11,14-18,20-21H2,1-2H3. The molecular formula is C29H39NO2. The van der Waals surface area contributed by atoms with Crippen LogP contribution >= 0.6 is 0 Å². The molecule has 3 unspecified atom stereocenters. The minimum Gasteiger partial charge on any atom is -0.497 e. The summed E-state index contributed by atoms with van der Waals surface area (Å²) in [6.45, 7) is 6.69. The number of ether oxygens (including phenoxy) is 2. The number of unbranched alkanes of at least 4 members (excludes halogenated alkanes) is 1. The number of methoxy groups -OCH3 is 1. The van der Waals surface area contributed by atoms with Crippen LogP contribution in [0.4, 0.5) is 0 Å². The van der Waals surface area contributed by atoms with Gasteiger partial charge in [-0.1, -0.05) is 49.7 Å². The van der Waals surface area contributed by atoms with Crippen LogP contribution in [0.2, 0.25) is 0 Å². The molecule has 3 heteroatoms. The van der Waals surface area contributed by atoms with E-state index in [0.717, 1.165) is 31.3 Å². The van der Waals surface area contributed by atoms with E-state index >= 15 is 0 Å². The number of rotatable bonds is 10. The lowest BCUT2D eigenvalue weighted by atomic mass is 9.56. The molecule has 3 nitrogen and oxygen atoms in total. The van der Waals surface area contributed by atoms with Crippen LogP contribution in [0.5, 0.6) is 5.75 Å². The second-order valence-electron chi connectivity index (χ2n) is 10.4. The lowest BCUT2D eigenvalue weighted by molar-refractivity contribution is 0.0132. The van der Waals surface area contributed by atoms with Crippen molar-refractivity contribution < 1.29 is 9.47 Å². The van der Waals surface area contributed by atoms with Gasteiger partial charge in [-0.2, -0.15) is 0 Å². The summed E-state index contributed by atoms with van der Waals surface area (Å²) in [6, 6.07) is 18.1. The maximum Gasteiger partial charge on any atom is 0.119 e. The van der Waals surface area contributed by atoms with Gasteiger partial charge in [-0.3, -0.25) is 4.90 Å². The van der Waals surface area contributed by atoms with E-state index < -0.39 is 0 Å². The van der Waals surface area contributed by atoms with Gasteiger partial charge >= 0.3 is 0 Å². The molecule has 5 rings (SSSR count). The van der Waals surface area contributed by atoms with Crippen LogP contribution in [0.25, 0.3) is 0 Å². The zero-order chi connectivity index (χ0) is 22.0. The van der Waals surface area contributed by atoms with Crippen LogP contribution in [-0.2, 0) is 23.2 Å². The van der Waals surface area contributed by atoms with Gasteiger partial charge in [-0.15, -0.1) is 0 Å². The monoisotopic (exact) mass is 433 g/mol. The van der Waals surface area contributed by atoms with Crippen LogP contribution in [0.1, 0.15) is 62.1 Å². The quantitative estimate of drug-likeness (QED) is 0.429. The molecule has 0 N–H and O–H groups in total. The average molecular weight is 434 g/mol. The molecule has 2 aromatic rings. The van der Waals surface area contributed by atoms with E-state index in [0.29, 0.717) is 12.0 Å². The number of piperidine rings is 1. The highest BCUT2D eigenvalue weighted by atomic mass is 16.5. The molecular weight excluding hydrogens is 394 g/mol. The molecule has 1 saturated heterocycles. The Bertz CT molecular complexity index is 893. The second kappa shape index (κ2) is 9.57. The van der Waals surface area contributed by atoms with Gasteiger partial charge in [-0.25, -0.2) is 0 Å². The number of hydrogen-bond acceptors (Lipinski definition) is 3. The molecule has 0 aromatic heterocycles. The summed E-state index contributed by atoms with van der Waals surface area (Å²) in [5.74, 6) is 2.67.